The van der Waals surface area contributed by atoms with Crippen LogP contribution in [0.1, 0.15) is 11.4 Å². The molecule has 0 amide bonds. The summed E-state index contributed by atoms with van der Waals surface area (Å²) in [5.41, 5.74) is 1.30. The maximum Gasteiger partial charge on any atom is 0.118 e. The molecule has 0 spiro atoms. The van der Waals surface area contributed by atoms with Gasteiger partial charge in [0.05, 0.1) is 7.11 Å². The SMILES string of the molecule is CNC(Cc1ccc(OC)cc1)Cc1nccn1C. The number of imidazole rings is 1. The molecule has 1 heterocycles. The minimum atomic E-state index is 0.384. The molecule has 0 saturated carbocycles. The molecule has 1 N–H and O–H groups in total. The van der Waals surface area contributed by atoms with Crippen LogP contribution in [0.5, 0.6) is 5.75 Å². The number of aryl methyl sites for hydroxylation is 1. The lowest BCUT2D eigenvalue weighted by atomic mass is 10.0. The number of methoxy groups -OCH3 is 1. The van der Waals surface area contributed by atoms with Gasteiger partial charge in [0.15, 0.2) is 0 Å². The van der Waals surface area contributed by atoms with E-state index >= 15 is 0 Å². The van der Waals surface area contributed by atoms with Crippen molar-refractivity contribution in [2.24, 2.45) is 7.05 Å². The van der Waals surface area contributed by atoms with Crippen molar-refractivity contribution >= 4 is 0 Å². The Balaban J connectivity index is 2.00. The Kier molecular flexibility index (Phi) is 4.58. The Hall–Kier alpha value is -1.81. The highest BCUT2D eigenvalue weighted by Crippen LogP contribution is 2.13. The third-order valence-electron chi connectivity index (χ3n) is 3.40. The van der Waals surface area contributed by atoms with Gasteiger partial charge in [0.1, 0.15) is 11.6 Å². The molecule has 4 nitrogen and oxygen atoms in total. The first kappa shape index (κ1) is 13.6. The number of nitrogens with zero attached hydrogens (tertiary/aromatic N) is 2. The fourth-order valence-corrected chi connectivity index (χ4v) is 2.14. The maximum absolute atomic E-state index is 5.17. The van der Waals surface area contributed by atoms with Crippen LogP contribution in [0, 0.1) is 0 Å². The van der Waals surface area contributed by atoms with Crippen molar-refractivity contribution in [3.63, 3.8) is 0 Å². The van der Waals surface area contributed by atoms with E-state index in [1.165, 1.54) is 5.56 Å². The molecule has 0 aliphatic carbocycles. The quantitative estimate of drug-likeness (QED) is 0.860. The molecule has 0 radical (unpaired) electrons. The maximum atomic E-state index is 5.17. The summed E-state index contributed by atoms with van der Waals surface area (Å²) in [7, 11) is 5.71. The van der Waals surface area contributed by atoms with Crippen LogP contribution in [0.4, 0.5) is 0 Å². The van der Waals surface area contributed by atoms with Gasteiger partial charge >= 0.3 is 0 Å². The van der Waals surface area contributed by atoms with Gasteiger partial charge in [-0.1, -0.05) is 12.1 Å². The molecule has 102 valence electrons. The second-order valence-corrected chi connectivity index (χ2v) is 4.70. The average molecular weight is 259 g/mol. The summed E-state index contributed by atoms with van der Waals surface area (Å²) in [6, 6.07) is 8.61. The zero-order valence-corrected chi connectivity index (χ0v) is 11.8. The zero-order valence-electron chi connectivity index (χ0n) is 11.8. The Morgan fingerprint density at radius 2 is 2.00 bits per heavy atom. The summed E-state index contributed by atoms with van der Waals surface area (Å²) in [4.78, 5) is 4.38. The van der Waals surface area contributed by atoms with Crippen molar-refractivity contribution in [1.82, 2.24) is 14.9 Å². The Bertz CT molecular complexity index is 504. The van der Waals surface area contributed by atoms with Gasteiger partial charge < -0.3 is 14.6 Å². The predicted octanol–water partition coefficient (Wildman–Crippen LogP) is 1.80. The van der Waals surface area contributed by atoms with Gasteiger partial charge in [-0.25, -0.2) is 4.98 Å². The number of likely N-dealkylation sites (N-methyl/N-ethyl adjacent to an activating group) is 1. The molecule has 1 aromatic carbocycles. The van der Waals surface area contributed by atoms with Gasteiger partial charge in [0.2, 0.25) is 0 Å². The summed E-state index contributed by atoms with van der Waals surface area (Å²) >= 11 is 0. The second-order valence-electron chi connectivity index (χ2n) is 4.70. The standard InChI is InChI=1S/C15H21N3O/c1-16-13(11-15-17-8-9-18(15)2)10-12-4-6-14(19-3)7-5-12/h4-9,13,16H,10-11H2,1-3H3. The summed E-state index contributed by atoms with van der Waals surface area (Å²) in [5.74, 6) is 2.00. The lowest BCUT2D eigenvalue weighted by Gasteiger charge is -2.16. The number of rotatable bonds is 6. The lowest BCUT2D eigenvalue weighted by molar-refractivity contribution is 0.414. The van der Waals surface area contributed by atoms with Crippen LogP contribution in [0.2, 0.25) is 0 Å². The van der Waals surface area contributed by atoms with Crippen LogP contribution in [-0.2, 0) is 19.9 Å². The molecule has 2 rings (SSSR count). The van der Waals surface area contributed by atoms with Crippen molar-refractivity contribution in [1.29, 1.82) is 0 Å². The van der Waals surface area contributed by atoms with E-state index in [0.29, 0.717) is 6.04 Å². The van der Waals surface area contributed by atoms with E-state index in [2.05, 4.69) is 27.0 Å². The summed E-state index contributed by atoms with van der Waals surface area (Å²) < 4.78 is 7.24. The number of hydrogen-bond acceptors (Lipinski definition) is 3. The van der Waals surface area contributed by atoms with Gasteiger partial charge in [0.25, 0.3) is 0 Å². The first-order valence-corrected chi connectivity index (χ1v) is 6.49. The number of nitrogens with one attached hydrogen (secondary N) is 1. The molecule has 0 fully saturated rings. The van der Waals surface area contributed by atoms with E-state index in [-0.39, 0.29) is 0 Å². The van der Waals surface area contributed by atoms with E-state index < -0.39 is 0 Å². The topological polar surface area (TPSA) is 39.1 Å². The molecule has 4 heteroatoms. The van der Waals surface area contributed by atoms with E-state index in [0.717, 1.165) is 24.4 Å². The Labute approximate surface area is 114 Å². The molecule has 1 aromatic heterocycles. The fraction of sp³-hybridized carbons (Fsp3) is 0.400. The number of hydrogen-bond donors (Lipinski definition) is 1. The molecule has 2 aromatic rings. The molecule has 0 aliphatic heterocycles. The van der Waals surface area contributed by atoms with E-state index in [1.54, 1.807) is 7.11 Å². The number of ether oxygens (including phenoxy) is 1. The number of benzene rings is 1. The molecule has 0 bridgehead atoms. The Morgan fingerprint density at radius 3 is 2.53 bits per heavy atom. The number of aromatic nitrogens is 2. The normalized spacial score (nSPS) is 12.4. The van der Waals surface area contributed by atoms with Gasteiger partial charge in [0, 0.05) is 31.9 Å². The van der Waals surface area contributed by atoms with E-state index in [9.17, 15) is 0 Å². The summed E-state index contributed by atoms with van der Waals surface area (Å²) in [5, 5.41) is 3.36. The third kappa shape index (κ3) is 3.58. The average Bonchev–Trinajstić information content (AvgIpc) is 2.84. The van der Waals surface area contributed by atoms with Crippen molar-refractivity contribution in [2.45, 2.75) is 18.9 Å². The largest absolute Gasteiger partial charge is 0.497 e. The van der Waals surface area contributed by atoms with Crippen molar-refractivity contribution in [2.75, 3.05) is 14.2 Å². The highest BCUT2D eigenvalue weighted by atomic mass is 16.5. The summed E-state index contributed by atoms with van der Waals surface area (Å²) in [6.07, 6.45) is 5.73. The van der Waals surface area contributed by atoms with Crippen molar-refractivity contribution in [3.05, 3.63) is 48.0 Å². The highest BCUT2D eigenvalue weighted by Gasteiger charge is 2.11. The van der Waals surface area contributed by atoms with Crippen LogP contribution in [0.3, 0.4) is 0 Å². The van der Waals surface area contributed by atoms with Crippen LogP contribution >= 0.6 is 0 Å². The molecule has 0 aliphatic rings. The Morgan fingerprint density at radius 1 is 1.26 bits per heavy atom. The van der Waals surface area contributed by atoms with Crippen LogP contribution < -0.4 is 10.1 Å². The highest BCUT2D eigenvalue weighted by molar-refractivity contribution is 5.27. The van der Waals surface area contributed by atoms with Gasteiger partial charge in [-0.2, -0.15) is 0 Å². The first-order valence-electron chi connectivity index (χ1n) is 6.49. The van der Waals surface area contributed by atoms with Crippen molar-refractivity contribution < 1.29 is 4.74 Å². The van der Waals surface area contributed by atoms with Crippen LogP contribution in [0.25, 0.3) is 0 Å². The second kappa shape index (κ2) is 6.38. The smallest absolute Gasteiger partial charge is 0.118 e. The fourth-order valence-electron chi connectivity index (χ4n) is 2.14. The van der Waals surface area contributed by atoms with Crippen LogP contribution in [0.15, 0.2) is 36.7 Å². The van der Waals surface area contributed by atoms with Crippen LogP contribution in [-0.4, -0.2) is 29.8 Å². The zero-order chi connectivity index (χ0) is 13.7. The van der Waals surface area contributed by atoms with Gasteiger partial charge in [-0.15, -0.1) is 0 Å². The van der Waals surface area contributed by atoms with Gasteiger partial charge in [-0.3, -0.25) is 0 Å². The molecule has 1 atom stereocenters. The molecule has 19 heavy (non-hydrogen) atoms. The minimum Gasteiger partial charge on any atom is -0.497 e. The predicted molar refractivity (Wildman–Crippen MR) is 76.5 cm³/mol. The molecular weight excluding hydrogens is 238 g/mol. The molecular formula is C15H21N3O. The van der Waals surface area contributed by atoms with Gasteiger partial charge in [-0.05, 0) is 31.2 Å². The van der Waals surface area contributed by atoms with E-state index in [1.807, 2.05) is 38.6 Å². The lowest BCUT2D eigenvalue weighted by Crippen LogP contribution is -2.30. The first-order chi connectivity index (χ1) is 9.22. The summed E-state index contributed by atoms with van der Waals surface area (Å²) in [6.45, 7) is 0. The van der Waals surface area contributed by atoms with Crippen molar-refractivity contribution in [3.8, 4) is 5.75 Å². The molecule has 0 saturated heterocycles. The monoisotopic (exact) mass is 259 g/mol. The molecule has 1 unspecified atom stereocenters. The third-order valence-corrected chi connectivity index (χ3v) is 3.40. The minimum absolute atomic E-state index is 0.384. The van der Waals surface area contributed by atoms with E-state index in [4.69, 9.17) is 4.74 Å².